The highest BCUT2D eigenvalue weighted by atomic mass is 79.9. The topological polar surface area (TPSA) is 41.3 Å². The van der Waals surface area contributed by atoms with Gasteiger partial charge in [-0.2, -0.15) is 5.10 Å². The number of hydrogen-bond acceptors (Lipinski definition) is 3. The minimum absolute atomic E-state index is 0.438. The number of aliphatic hydroxyl groups is 1. The normalized spacial score (nSPS) is 29.1. The van der Waals surface area contributed by atoms with Crippen LogP contribution in [-0.4, -0.2) is 45.0 Å². The monoisotopic (exact) mass is 315 g/mol. The van der Waals surface area contributed by atoms with Crippen LogP contribution in [0.1, 0.15) is 31.7 Å². The third-order valence-electron chi connectivity index (χ3n) is 3.92. The van der Waals surface area contributed by atoms with Crippen molar-refractivity contribution in [3.8, 4) is 0 Å². The molecule has 0 saturated carbocycles. The number of aryl methyl sites for hydroxylation is 2. The van der Waals surface area contributed by atoms with Crippen LogP contribution >= 0.6 is 15.9 Å². The van der Waals surface area contributed by atoms with Crippen molar-refractivity contribution in [2.24, 2.45) is 0 Å². The van der Waals surface area contributed by atoms with E-state index in [2.05, 4.69) is 46.8 Å². The molecule has 2 heterocycles. The lowest BCUT2D eigenvalue weighted by molar-refractivity contribution is 0.0498. The Morgan fingerprint density at radius 1 is 1.56 bits per heavy atom. The van der Waals surface area contributed by atoms with Gasteiger partial charge in [0.05, 0.1) is 21.5 Å². The number of halogens is 1. The maximum Gasteiger partial charge on any atom is 0.0844 e. The minimum Gasteiger partial charge on any atom is -0.388 e. The van der Waals surface area contributed by atoms with Crippen LogP contribution in [0.3, 0.4) is 0 Å². The van der Waals surface area contributed by atoms with E-state index in [9.17, 15) is 5.11 Å². The molecule has 0 aromatic carbocycles. The molecule has 0 spiro atoms. The fourth-order valence-corrected chi connectivity index (χ4v) is 3.29. The summed E-state index contributed by atoms with van der Waals surface area (Å²) in [5.41, 5.74) is 1.48. The quantitative estimate of drug-likeness (QED) is 0.927. The number of β-amino-alcohol motifs (C(OH)–C–C–N with tert-alkyl or cyclic N) is 1. The van der Waals surface area contributed by atoms with Gasteiger partial charge in [-0.25, -0.2) is 0 Å². The fourth-order valence-electron chi connectivity index (χ4n) is 2.87. The van der Waals surface area contributed by atoms with E-state index in [1.54, 1.807) is 0 Å². The molecule has 0 radical (unpaired) electrons. The lowest BCUT2D eigenvalue weighted by Crippen LogP contribution is -2.35. The molecule has 1 saturated heterocycles. The van der Waals surface area contributed by atoms with Gasteiger partial charge in [0.25, 0.3) is 0 Å². The van der Waals surface area contributed by atoms with Gasteiger partial charge in [-0.15, -0.1) is 0 Å². The molecular weight excluding hydrogens is 294 g/mol. The zero-order chi connectivity index (χ0) is 13.5. The van der Waals surface area contributed by atoms with Gasteiger partial charge in [-0.3, -0.25) is 4.68 Å². The first-order valence-electron chi connectivity index (χ1n) is 6.50. The van der Waals surface area contributed by atoms with Crippen LogP contribution < -0.4 is 0 Å². The van der Waals surface area contributed by atoms with Crippen LogP contribution in [0.5, 0.6) is 0 Å². The Bertz CT molecular complexity index is 434. The Labute approximate surface area is 117 Å². The lowest BCUT2D eigenvalue weighted by Gasteiger charge is -2.22. The van der Waals surface area contributed by atoms with Crippen LogP contribution in [0.25, 0.3) is 0 Å². The summed E-state index contributed by atoms with van der Waals surface area (Å²) < 4.78 is 3.03. The maximum atomic E-state index is 10.7. The van der Waals surface area contributed by atoms with Crippen molar-refractivity contribution in [1.29, 1.82) is 0 Å². The average molecular weight is 316 g/mol. The van der Waals surface area contributed by atoms with Gasteiger partial charge in [0.2, 0.25) is 0 Å². The van der Waals surface area contributed by atoms with Gasteiger partial charge in [0, 0.05) is 25.6 Å². The zero-order valence-corrected chi connectivity index (χ0v) is 13.2. The molecule has 1 aliphatic rings. The predicted octanol–water partition coefficient (Wildman–Crippen LogP) is 1.97. The lowest BCUT2D eigenvalue weighted by atomic mass is 9.94. The van der Waals surface area contributed by atoms with Gasteiger partial charge in [0.1, 0.15) is 0 Å². The minimum atomic E-state index is -0.629. The molecule has 0 amide bonds. The van der Waals surface area contributed by atoms with Crippen molar-refractivity contribution < 1.29 is 5.11 Å². The number of aromatic nitrogens is 2. The first kappa shape index (κ1) is 14.0. The van der Waals surface area contributed by atoms with E-state index in [0.29, 0.717) is 12.5 Å². The standard InChI is InChI=1S/C13H22BrN3O/c1-5-17-11(12(14)10(3)15-17)7-13(18)6-9(2)16(4)8-13/h9,18H,5-8H2,1-4H3. The summed E-state index contributed by atoms with van der Waals surface area (Å²) in [5, 5.41) is 15.2. The second-order valence-corrected chi connectivity index (χ2v) is 6.32. The van der Waals surface area contributed by atoms with E-state index >= 15 is 0 Å². The number of likely N-dealkylation sites (tertiary alicyclic amines) is 1. The number of rotatable bonds is 3. The first-order chi connectivity index (χ1) is 8.36. The van der Waals surface area contributed by atoms with E-state index in [4.69, 9.17) is 0 Å². The molecule has 1 N–H and O–H groups in total. The largest absolute Gasteiger partial charge is 0.388 e. The molecule has 2 atom stereocenters. The molecule has 2 rings (SSSR count). The summed E-state index contributed by atoms with van der Waals surface area (Å²) in [6.45, 7) is 7.80. The van der Waals surface area contributed by atoms with E-state index in [-0.39, 0.29) is 0 Å². The van der Waals surface area contributed by atoms with Crippen LogP contribution in [0.15, 0.2) is 4.47 Å². The van der Waals surface area contributed by atoms with Gasteiger partial charge in [-0.05, 0) is 50.2 Å². The SMILES string of the molecule is CCn1nc(C)c(Br)c1CC1(O)CC(C)N(C)C1. The van der Waals surface area contributed by atoms with Crippen molar-refractivity contribution in [1.82, 2.24) is 14.7 Å². The fraction of sp³-hybridized carbons (Fsp3) is 0.769. The Kier molecular flexibility index (Phi) is 3.85. The van der Waals surface area contributed by atoms with Crippen LogP contribution in [0, 0.1) is 6.92 Å². The summed E-state index contributed by atoms with van der Waals surface area (Å²) >= 11 is 3.60. The third kappa shape index (κ3) is 2.49. The van der Waals surface area contributed by atoms with Gasteiger partial charge in [0.15, 0.2) is 0 Å². The third-order valence-corrected chi connectivity index (χ3v) is 4.95. The van der Waals surface area contributed by atoms with Crippen molar-refractivity contribution in [2.45, 2.75) is 51.8 Å². The van der Waals surface area contributed by atoms with Crippen molar-refractivity contribution in [3.05, 3.63) is 15.9 Å². The number of hydrogen-bond donors (Lipinski definition) is 1. The average Bonchev–Trinajstić information content (AvgIpc) is 2.70. The highest BCUT2D eigenvalue weighted by Crippen LogP contribution is 2.32. The Morgan fingerprint density at radius 2 is 2.22 bits per heavy atom. The molecule has 0 aliphatic carbocycles. The molecule has 18 heavy (non-hydrogen) atoms. The van der Waals surface area contributed by atoms with Crippen LogP contribution in [-0.2, 0) is 13.0 Å². The van der Waals surface area contributed by atoms with Crippen LogP contribution in [0.4, 0.5) is 0 Å². The molecule has 0 bridgehead atoms. The van der Waals surface area contributed by atoms with Crippen molar-refractivity contribution >= 4 is 15.9 Å². The smallest absolute Gasteiger partial charge is 0.0844 e. The van der Waals surface area contributed by atoms with E-state index in [1.165, 1.54) is 0 Å². The predicted molar refractivity (Wildman–Crippen MR) is 75.7 cm³/mol. The second-order valence-electron chi connectivity index (χ2n) is 5.53. The molecule has 1 aromatic rings. The molecule has 1 aromatic heterocycles. The first-order valence-corrected chi connectivity index (χ1v) is 7.30. The highest BCUT2D eigenvalue weighted by molar-refractivity contribution is 9.10. The van der Waals surface area contributed by atoms with Gasteiger partial charge < -0.3 is 10.0 Å². The summed E-state index contributed by atoms with van der Waals surface area (Å²) in [4.78, 5) is 2.22. The summed E-state index contributed by atoms with van der Waals surface area (Å²) in [6.07, 6.45) is 1.49. The zero-order valence-electron chi connectivity index (χ0n) is 11.6. The van der Waals surface area contributed by atoms with E-state index in [0.717, 1.165) is 35.4 Å². The molecule has 5 heteroatoms. The number of nitrogens with zero attached hydrogens (tertiary/aromatic N) is 3. The summed E-state index contributed by atoms with van der Waals surface area (Å²) in [7, 11) is 2.07. The number of likely N-dealkylation sites (N-methyl/N-ethyl adjacent to an activating group) is 1. The summed E-state index contributed by atoms with van der Waals surface area (Å²) in [6, 6.07) is 0.438. The molecule has 1 aliphatic heterocycles. The van der Waals surface area contributed by atoms with Crippen molar-refractivity contribution in [2.75, 3.05) is 13.6 Å². The Hall–Kier alpha value is -0.390. The van der Waals surface area contributed by atoms with Gasteiger partial charge in [-0.1, -0.05) is 0 Å². The molecule has 102 valence electrons. The molecule has 2 unspecified atom stereocenters. The second kappa shape index (κ2) is 4.94. The van der Waals surface area contributed by atoms with Crippen LogP contribution in [0.2, 0.25) is 0 Å². The van der Waals surface area contributed by atoms with Crippen molar-refractivity contribution in [3.63, 3.8) is 0 Å². The molecule has 1 fully saturated rings. The summed E-state index contributed by atoms with van der Waals surface area (Å²) in [5.74, 6) is 0. The molecule has 4 nitrogen and oxygen atoms in total. The van der Waals surface area contributed by atoms with E-state index in [1.807, 2.05) is 11.6 Å². The maximum absolute atomic E-state index is 10.7. The Balaban J connectivity index is 2.24. The molecular formula is C13H22BrN3O. The Morgan fingerprint density at radius 3 is 2.72 bits per heavy atom. The van der Waals surface area contributed by atoms with Gasteiger partial charge >= 0.3 is 0 Å². The highest BCUT2D eigenvalue weighted by Gasteiger charge is 2.40. The van der Waals surface area contributed by atoms with E-state index < -0.39 is 5.60 Å².